The number of hydrogen-bond acceptors (Lipinski definition) is 5. The number of rotatable bonds is 4. The van der Waals surface area contributed by atoms with Crippen molar-refractivity contribution in [1.82, 2.24) is 14.8 Å². The number of fused-ring (bicyclic) bond motifs is 1. The van der Waals surface area contributed by atoms with Gasteiger partial charge in [-0.25, -0.2) is 4.98 Å². The van der Waals surface area contributed by atoms with Crippen molar-refractivity contribution in [3.63, 3.8) is 0 Å². The highest BCUT2D eigenvalue weighted by atomic mass is 32.1. The monoisotopic (exact) mass is 385 g/mol. The molecule has 27 heavy (non-hydrogen) atoms. The Morgan fingerprint density at radius 2 is 2.11 bits per heavy atom. The molecule has 0 radical (unpaired) electrons. The number of likely N-dealkylation sites (N-methyl/N-ethyl adjacent to an activating group) is 1. The van der Waals surface area contributed by atoms with E-state index in [0.29, 0.717) is 5.92 Å². The molecule has 2 saturated heterocycles. The van der Waals surface area contributed by atoms with Crippen LogP contribution in [0.15, 0.2) is 35.7 Å². The van der Waals surface area contributed by atoms with E-state index in [4.69, 9.17) is 9.72 Å². The van der Waals surface area contributed by atoms with Crippen LogP contribution in [0.3, 0.4) is 0 Å². The molecule has 2 atom stereocenters. The topological polar surface area (TPSA) is 45.7 Å². The zero-order valence-electron chi connectivity index (χ0n) is 16.2. The first-order valence-electron chi connectivity index (χ1n) is 9.61. The minimum Gasteiger partial charge on any atom is -0.364 e. The van der Waals surface area contributed by atoms with Gasteiger partial charge in [0.15, 0.2) is 0 Å². The van der Waals surface area contributed by atoms with Crippen LogP contribution < -0.4 is 0 Å². The summed E-state index contributed by atoms with van der Waals surface area (Å²) in [6, 6.07) is 10.4. The molecule has 0 spiro atoms. The molecule has 4 rings (SSSR count). The van der Waals surface area contributed by atoms with E-state index < -0.39 is 0 Å². The van der Waals surface area contributed by atoms with Crippen LogP contribution in [0, 0.1) is 0 Å². The first-order chi connectivity index (χ1) is 13.0. The summed E-state index contributed by atoms with van der Waals surface area (Å²) in [5.74, 6) is 0.522. The minimum absolute atomic E-state index is 0.0270. The minimum atomic E-state index is -0.376. The van der Waals surface area contributed by atoms with Crippen molar-refractivity contribution in [2.75, 3.05) is 26.7 Å². The van der Waals surface area contributed by atoms with Crippen LogP contribution in [0.1, 0.15) is 42.5 Å². The lowest BCUT2D eigenvalue weighted by molar-refractivity contribution is -0.183. The highest BCUT2D eigenvalue weighted by molar-refractivity contribution is 7.09. The maximum Gasteiger partial charge on any atom is 0.249 e. The quantitative estimate of drug-likeness (QED) is 0.811. The van der Waals surface area contributed by atoms with Gasteiger partial charge in [0.25, 0.3) is 0 Å². The van der Waals surface area contributed by atoms with E-state index in [1.54, 1.807) is 11.3 Å². The normalized spacial score (nSPS) is 26.4. The summed E-state index contributed by atoms with van der Waals surface area (Å²) in [5, 5.41) is 3.33. The lowest BCUT2D eigenvalue weighted by Crippen LogP contribution is -2.66. The van der Waals surface area contributed by atoms with E-state index in [1.165, 1.54) is 11.3 Å². The number of nitrogens with zero attached hydrogens (tertiary/aromatic N) is 3. The van der Waals surface area contributed by atoms with Crippen molar-refractivity contribution in [2.24, 2.45) is 0 Å². The Morgan fingerprint density at radius 1 is 1.33 bits per heavy atom. The maximum atomic E-state index is 12.4. The third-order valence-corrected chi connectivity index (χ3v) is 6.79. The van der Waals surface area contributed by atoms with Crippen LogP contribution in [0.2, 0.25) is 0 Å². The largest absolute Gasteiger partial charge is 0.364 e. The molecule has 144 valence electrons. The van der Waals surface area contributed by atoms with Gasteiger partial charge in [0.05, 0.1) is 23.9 Å². The average molecular weight is 386 g/mol. The molecule has 6 heteroatoms. The Kier molecular flexibility index (Phi) is 5.05. The summed E-state index contributed by atoms with van der Waals surface area (Å²) in [4.78, 5) is 21.6. The smallest absolute Gasteiger partial charge is 0.249 e. The van der Waals surface area contributed by atoms with Crippen molar-refractivity contribution < 1.29 is 9.53 Å². The molecule has 3 heterocycles. The molecule has 2 aliphatic rings. The van der Waals surface area contributed by atoms with Crippen LogP contribution in [0.25, 0.3) is 0 Å². The maximum absolute atomic E-state index is 12.4. The number of carbonyl (C=O) groups excluding carboxylic acids is 1. The summed E-state index contributed by atoms with van der Waals surface area (Å²) in [5.41, 5.74) is 1.96. The summed E-state index contributed by atoms with van der Waals surface area (Å²) in [7, 11) is 1.93. The number of aromatic nitrogens is 1. The molecule has 1 aromatic heterocycles. The predicted molar refractivity (Wildman–Crippen MR) is 107 cm³/mol. The molecule has 0 unspecified atom stereocenters. The molecule has 1 amide bonds. The average Bonchev–Trinajstić information content (AvgIpc) is 3.15. The SMILES string of the molecule is CC(C)c1csc(CN2CC[C@]3(c4ccccc4)[C@@H](C2)OCC(=O)N3C)n1. The fraction of sp³-hybridized carbons (Fsp3) is 0.524. The number of thiazole rings is 1. The summed E-state index contributed by atoms with van der Waals surface area (Å²) in [6.45, 7) is 7.09. The Balaban J connectivity index is 1.56. The molecular weight excluding hydrogens is 358 g/mol. The van der Waals surface area contributed by atoms with Gasteiger partial charge in [-0.1, -0.05) is 44.2 Å². The molecule has 0 saturated carbocycles. The van der Waals surface area contributed by atoms with Gasteiger partial charge in [0, 0.05) is 25.5 Å². The summed E-state index contributed by atoms with van der Waals surface area (Å²) in [6.07, 6.45) is 0.840. The van der Waals surface area contributed by atoms with Gasteiger partial charge in [-0.15, -0.1) is 11.3 Å². The first kappa shape index (κ1) is 18.6. The fourth-order valence-electron chi connectivity index (χ4n) is 4.28. The second kappa shape index (κ2) is 7.34. The van der Waals surface area contributed by atoms with E-state index in [0.717, 1.165) is 31.1 Å². The van der Waals surface area contributed by atoms with Gasteiger partial charge in [0.2, 0.25) is 5.91 Å². The standard InChI is InChI=1S/C21H27N3O2S/c1-15(2)17-14-27-19(22-17)12-24-10-9-21(16-7-5-4-6-8-16)18(11-24)26-13-20(25)23(21)3/h4-8,14-15,18H,9-13H2,1-3H3/t18-,21+/m1/s1. The van der Waals surface area contributed by atoms with Gasteiger partial charge >= 0.3 is 0 Å². The predicted octanol–water partition coefficient (Wildman–Crippen LogP) is 3.22. The molecular formula is C21H27N3O2S. The Bertz CT molecular complexity index is 807. The van der Waals surface area contributed by atoms with Gasteiger partial charge in [-0.2, -0.15) is 0 Å². The second-order valence-electron chi connectivity index (χ2n) is 7.85. The van der Waals surface area contributed by atoms with Gasteiger partial charge in [-0.3, -0.25) is 9.69 Å². The number of amides is 1. The Morgan fingerprint density at radius 3 is 2.81 bits per heavy atom. The van der Waals surface area contributed by atoms with Crippen LogP contribution in [0.5, 0.6) is 0 Å². The lowest BCUT2D eigenvalue weighted by atomic mass is 9.76. The lowest BCUT2D eigenvalue weighted by Gasteiger charge is -2.54. The molecule has 0 N–H and O–H groups in total. The molecule has 0 bridgehead atoms. The van der Waals surface area contributed by atoms with Gasteiger partial charge < -0.3 is 9.64 Å². The zero-order valence-corrected chi connectivity index (χ0v) is 17.0. The molecule has 5 nitrogen and oxygen atoms in total. The number of benzene rings is 1. The molecule has 2 aromatic rings. The van der Waals surface area contributed by atoms with E-state index in [-0.39, 0.29) is 24.2 Å². The molecule has 1 aromatic carbocycles. The van der Waals surface area contributed by atoms with Crippen molar-refractivity contribution in [2.45, 2.75) is 44.4 Å². The number of carbonyl (C=O) groups is 1. The molecule has 2 fully saturated rings. The second-order valence-corrected chi connectivity index (χ2v) is 8.79. The van der Waals surface area contributed by atoms with Crippen molar-refractivity contribution >= 4 is 17.2 Å². The molecule has 0 aliphatic carbocycles. The van der Waals surface area contributed by atoms with Crippen LogP contribution in [-0.2, 0) is 21.6 Å². The summed E-state index contributed by atoms with van der Waals surface area (Å²) < 4.78 is 6.08. The van der Waals surface area contributed by atoms with Crippen molar-refractivity contribution in [1.29, 1.82) is 0 Å². The number of hydrogen-bond donors (Lipinski definition) is 0. The van der Waals surface area contributed by atoms with E-state index in [9.17, 15) is 4.79 Å². The first-order valence-corrected chi connectivity index (χ1v) is 10.5. The van der Waals surface area contributed by atoms with Crippen LogP contribution in [-0.4, -0.2) is 53.5 Å². The Hall–Kier alpha value is -1.76. The molecule has 2 aliphatic heterocycles. The number of ether oxygens (including phenoxy) is 1. The van der Waals surface area contributed by atoms with Crippen LogP contribution in [0.4, 0.5) is 0 Å². The third kappa shape index (κ3) is 3.30. The van der Waals surface area contributed by atoms with E-state index in [1.807, 2.05) is 30.1 Å². The van der Waals surface area contributed by atoms with Crippen molar-refractivity contribution in [3.05, 3.63) is 52.0 Å². The third-order valence-electron chi connectivity index (χ3n) is 5.94. The van der Waals surface area contributed by atoms with Gasteiger partial charge in [-0.05, 0) is 17.9 Å². The highest BCUT2D eigenvalue weighted by Gasteiger charge is 2.52. The summed E-state index contributed by atoms with van der Waals surface area (Å²) >= 11 is 1.74. The Labute approximate surface area is 165 Å². The number of piperidine rings is 1. The highest BCUT2D eigenvalue weighted by Crippen LogP contribution is 2.42. The fourth-order valence-corrected chi connectivity index (χ4v) is 5.28. The zero-order chi connectivity index (χ0) is 19.0. The number of likely N-dealkylation sites (tertiary alicyclic amines) is 1. The van der Waals surface area contributed by atoms with E-state index in [2.05, 4.69) is 36.3 Å². The van der Waals surface area contributed by atoms with Gasteiger partial charge in [0.1, 0.15) is 11.6 Å². The van der Waals surface area contributed by atoms with Crippen LogP contribution >= 0.6 is 11.3 Å². The number of morpholine rings is 1. The van der Waals surface area contributed by atoms with Crippen molar-refractivity contribution in [3.8, 4) is 0 Å². The van der Waals surface area contributed by atoms with E-state index >= 15 is 0 Å².